The van der Waals surface area contributed by atoms with Crippen LogP contribution in [0.4, 0.5) is 0 Å². The summed E-state index contributed by atoms with van der Waals surface area (Å²) < 4.78 is 10.4. The van der Waals surface area contributed by atoms with E-state index in [1.165, 1.54) is 0 Å². The lowest BCUT2D eigenvalue weighted by Gasteiger charge is -2.12. The normalized spacial score (nSPS) is 13.2. The van der Waals surface area contributed by atoms with Crippen molar-refractivity contribution in [1.82, 2.24) is 5.32 Å². The third kappa shape index (κ3) is 7.98. The minimum absolute atomic E-state index is 0.422. The lowest BCUT2D eigenvalue weighted by atomic mass is 10.3. The Hall–Kier alpha value is -0.120. The zero-order chi connectivity index (χ0) is 9.23. The minimum atomic E-state index is 0.422. The standard InChI is InChI=1S/C9H21NO2/c1-4-11-7-6-10-9(3)8-12-5-2/h9-10H,4-8H2,1-3H3. The molecule has 0 radical (unpaired) electrons. The van der Waals surface area contributed by atoms with Crippen LogP contribution in [0.15, 0.2) is 0 Å². The number of hydrogen-bond acceptors (Lipinski definition) is 3. The van der Waals surface area contributed by atoms with Crippen molar-refractivity contribution in [3.63, 3.8) is 0 Å². The maximum Gasteiger partial charge on any atom is 0.0616 e. The van der Waals surface area contributed by atoms with E-state index >= 15 is 0 Å². The minimum Gasteiger partial charge on any atom is -0.380 e. The molecule has 0 saturated heterocycles. The van der Waals surface area contributed by atoms with E-state index in [4.69, 9.17) is 9.47 Å². The molecule has 0 aliphatic carbocycles. The summed E-state index contributed by atoms with van der Waals surface area (Å²) in [4.78, 5) is 0. The Bertz CT molecular complexity index is 88.6. The SMILES string of the molecule is CCOCCNC(C)COCC. The molecule has 0 aromatic rings. The summed E-state index contributed by atoms with van der Waals surface area (Å²) >= 11 is 0. The van der Waals surface area contributed by atoms with Crippen LogP contribution >= 0.6 is 0 Å². The van der Waals surface area contributed by atoms with E-state index < -0.39 is 0 Å². The molecule has 0 amide bonds. The Morgan fingerprint density at radius 2 is 1.83 bits per heavy atom. The van der Waals surface area contributed by atoms with Crippen LogP contribution in [0, 0.1) is 0 Å². The molecule has 0 aromatic heterocycles. The molecule has 3 heteroatoms. The maximum absolute atomic E-state index is 5.25. The molecule has 0 fully saturated rings. The van der Waals surface area contributed by atoms with Gasteiger partial charge in [-0.05, 0) is 20.8 Å². The molecule has 0 aromatic carbocycles. The van der Waals surface area contributed by atoms with Gasteiger partial charge in [0, 0.05) is 25.8 Å². The van der Waals surface area contributed by atoms with Crippen molar-refractivity contribution in [3.8, 4) is 0 Å². The first kappa shape index (κ1) is 11.9. The molecule has 0 heterocycles. The smallest absolute Gasteiger partial charge is 0.0616 e. The summed E-state index contributed by atoms with van der Waals surface area (Å²) in [7, 11) is 0. The van der Waals surface area contributed by atoms with Gasteiger partial charge in [-0.15, -0.1) is 0 Å². The molecule has 1 atom stereocenters. The Balaban J connectivity index is 3.02. The summed E-state index contributed by atoms with van der Waals surface area (Å²) in [5.74, 6) is 0. The van der Waals surface area contributed by atoms with Crippen molar-refractivity contribution < 1.29 is 9.47 Å². The average Bonchev–Trinajstić information content (AvgIpc) is 2.09. The fraction of sp³-hybridized carbons (Fsp3) is 1.00. The van der Waals surface area contributed by atoms with E-state index in [2.05, 4.69) is 12.2 Å². The molecular formula is C9H21NO2. The fourth-order valence-corrected chi connectivity index (χ4v) is 0.875. The highest BCUT2D eigenvalue weighted by Crippen LogP contribution is 1.83. The van der Waals surface area contributed by atoms with Crippen molar-refractivity contribution in [1.29, 1.82) is 0 Å². The Kier molecular flexibility index (Phi) is 8.88. The highest BCUT2D eigenvalue weighted by Gasteiger charge is 1.98. The number of hydrogen-bond donors (Lipinski definition) is 1. The lowest BCUT2D eigenvalue weighted by molar-refractivity contribution is 0.115. The highest BCUT2D eigenvalue weighted by molar-refractivity contribution is 4.57. The van der Waals surface area contributed by atoms with Gasteiger partial charge in [0.2, 0.25) is 0 Å². The lowest BCUT2D eigenvalue weighted by Crippen LogP contribution is -2.33. The molecule has 1 unspecified atom stereocenters. The van der Waals surface area contributed by atoms with Gasteiger partial charge < -0.3 is 14.8 Å². The molecule has 0 bridgehead atoms. The second kappa shape index (κ2) is 8.97. The van der Waals surface area contributed by atoms with E-state index in [0.29, 0.717) is 6.04 Å². The predicted molar refractivity (Wildman–Crippen MR) is 50.5 cm³/mol. The van der Waals surface area contributed by atoms with Crippen molar-refractivity contribution in [2.45, 2.75) is 26.8 Å². The molecule has 0 spiro atoms. The van der Waals surface area contributed by atoms with E-state index in [0.717, 1.165) is 33.0 Å². The number of rotatable bonds is 8. The monoisotopic (exact) mass is 175 g/mol. The Morgan fingerprint density at radius 3 is 2.42 bits per heavy atom. The van der Waals surface area contributed by atoms with E-state index in [1.54, 1.807) is 0 Å². The van der Waals surface area contributed by atoms with Crippen LogP contribution in [0.3, 0.4) is 0 Å². The van der Waals surface area contributed by atoms with Crippen molar-refractivity contribution in [3.05, 3.63) is 0 Å². The largest absolute Gasteiger partial charge is 0.380 e. The molecule has 1 N–H and O–H groups in total. The topological polar surface area (TPSA) is 30.5 Å². The average molecular weight is 175 g/mol. The number of ether oxygens (including phenoxy) is 2. The van der Waals surface area contributed by atoms with E-state index in [1.807, 2.05) is 13.8 Å². The molecule has 0 aliphatic heterocycles. The van der Waals surface area contributed by atoms with Crippen LogP contribution in [0.25, 0.3) is 0 Å². The summed E-state index contributed by atoms with van der Waals surface area (Å²) in [6.07, 6.45) is 0. The molecule has 0 aliphatic rings. The second-order valence-corrected chi connectivity index (χ2v) is 2.71. The van der Waals surface area contributed by atoms with Crippen LogP contribution in [-0.2, 0) is 9.47 Å². The van der Waals surface area contributed by atoms with Crippen molar-refractivity contribution >= 4 is 0 Å². The summed E-state index contributed by atoms with van der Waals surface area (Å²) in [6, 6.07) is 0.422. The van der Waals surface area contributed by atoms with Gasteiger partial charge in [0.15, 0.2) is 0 Å². The van der Waals surface area contributed by atoms with Crippen LogP contribution in [-0.4, -0.2) is 39.0 Å². The molecule has 74 valence electrons. The van der Waals surface area contributed by atoms with Gasteiger partial charge in [0.1, 0.15) is 0 Å². The maximum atomic E-state index is 5.25. The Morgan fingerprint density at radius 1 is 1.17 bits per heavy atom. The van der Waals surface area contributed by atoms with Gasteiger partial charge in [0.25, 0.3) is 0 Å². The molecule has 0 rings (SSSR count). The van der Waals surface area contributed by atoms with Crippen molar-refractivity contribution in [2.75, 3.05) is 33.0 Å². The van der Waals surface area contributed by atoms with Crippen molar-refractivity contribution in [2.24, 2.45) is 0 Å². The molecule has 0 saturated carbocycles. The predicted octanol–water partition coefficient (Wildman–Crippen LogP) is 1.04. The fourth-order valence-electron chi connectivity index (χ4n) is 0.875. The first-order valence-corrected chi connectivity index (χ1v) is 4.70. The van der Waals surface area contributed by atoms with Gasteiger partial charge in [-0.25, -0.2) is 0 Å². The second-order valence-electron chi connectivity index (χ2n) is 2.71. The van der Waals surface area contributed by atoms with Gasteiger partial charge in [-0.2, -0.15) is 0 Å². The third-order valence-electron chi connectivity index (χ3n) is 1.52. The molecule has 12 heavy (non-hydrogen) atoms. The first-order chi connectivity index (χ1) is 5.81. The zero-order valence-corrected chi connectivity index (χ0v) is 8.43. The van der Waals surface area contributed by atoms with Gasteiger partial charge in [-0.3, -0.25) is 0 Å². The molecular weight excluding hydrogens is 154 g/mol. The third-order valence-corrected chi connectivity index (χ3v) is 1.52. The summed E-state index contributed by atoms with van der Waals surface area (Å²) in [6.45, 7) is 10.2. The summed E-state index contributed by atoms with van der Waals surface area (Å²) in [5.41, 5.74) is 0. The van der Waals surface area contributed by atoms with Crippen LogP contribution in [0.1, 0.15) is 20.8 Å². The van der Waals surface area contributed by atoms with E-state index in [-0.39, 0.29) is 0 Å². The van der Waals surface area contributed by atoms with E-state index in [9.17, 15) is 0 Å². The van der Waals surface area contributed by atoms with Crippen LogP contribution in [0.2, 0.25) is 0 Å². The zero-order valence-electron chi connectivity index (χ0n) is 8.43. The summed E-state index contributed by atoms with van der Waals surface area (Å²) in [5, 5.41) is 3.30. The van der Waals surface area contributed by atoms with Crippen LogP contribution in [0.5, 0.6) is 0 Å². The quantitative estimate of drug-likeness (QED) is 0.559. The number of nitrogens with one attached hydrogen (secondary N) is 1. The first-order valence-electron chi connectivity index (χ1n) is 4.70. The van der Waals surface area contributed by atoms with Gasteiger partial charge in [-0.1, -0.05) is 0 Å². The highest BCUT2D eigenvalue weighted by atomic mass is 16.5. The molecule has 3 nitrogen and oxygen atoms in total. The Labute approximate surface area is 75.4 Å². The van der Waals surface area contributed by atoms with Crippen LogP contribution < -0.4 is 5.32 Å². The van der Waals surface area contributed by atoms with Gasteiger partial charge in [0.05, 0.1) is 13.2 Å². The van der Waals surface area contributed by atoms with Gasteiger partial charge >= 0.3 is 0 Å².